The van der Waals surface area contributed by atoms with Crippen LogP contribution in [-0.4, -0.2) is 24.9 Å². The van der Waals surface area contributed by atoms with Gasteiger partial charge in [-0.15, -0.1) is 0 Å². The number of methoxy groups -OCH3 is 1. The number of ether oxygens (including phenoxy) is 1. The number of hydrogen-bond donors (Lipinski definition) is 1. The van der Waals surface area contributed by atoms with Gasteiger partial charge in [0.05, 0.1) is 18.8 Å². The van der Waals surface area contributed by atoms with Crippen LogP contribution in [0.4, 0.5) is 0 Å². The second kappa shape index (κ2) is 5.09. The van der Waals surface area contributed by atoms with E-state index in [1.807, 2.05) is 31.2 Å². The van der Waals surface area contributed by atoms with Crippen LogP contribution >= 0.6 is 0 Å². The molecule has 1 aliphatic rings. The summed E-state index contributed by atoms with van der Waals surface area (Å²) in [6.07, 6.45) is 0.865. The predicted molar refractivity (Wildman–Crippen MR) is 69.1 cm³/mol. The van der Waals surface area contributed by atoms with Crippen LogP contribution in [-0.2, 0) is 16.6 Å². The first-order valence-electron chi connectivity index (χ1n) is 6.32. The Bertz CT molecular complexity index is 466. The van der Waals surface area contributed by atoms with Crippen molar-refractivity contribution in [2.45, 2.75) is 31.3 Å². The first-order valence-corrected chi connectivity index (χ1v) is 6.32. The van der Waals surface area contributed by atoms with E-state index in [1.54, 1.807) is 7.11 Å². The molecule has 3 heteroatoms. The van der Waals surface area contributed by atoms with E-state index >= 15 is 0 Å². The molecule has 1 aliphatic carbocycles. The molecule has 0 saturated heterocycles. The molecule has 1 aromatic carbocycles. The fourth-order valence-corrected chi connectivity index (χ4v) is 2.97. The number of nitriles is 1. The quantitative estimate of drug-likeness (QED) is 0.883. The maximum Gasteiger partial charge on any atom is 0.109 e. The van der Waals surface area contributed by atoms with Crippen molar-refractivity contribution in [3.8, 4) is 6.07 Å². The molecule has 1 N–H and O–H groups in total. The van der Waals surface area contributed by atoms with Crippen LogP contribution in [0.3, 0.4) is 0 Å². The molecular weight excluding hydrogens is 226 g/mol. The fourth-order valence-electron chi connectivity index (χ4n) is 2.97. The highest BCUT2D eigenvalue weighted by Crippen LogP contribution is 2.43. The fraction of sp³-hybridized carbons (Fsp3) is 0.533. The summed E-state index contributed by atoms with van der Waals surface area (Å²) in [6, 6.07) is 10.3. The molecule has 96 valence electrons. The number of benzene rings is 1. The number of aryl methyl sites for hydroxylation is 1. The largest absolute Gasteiger partial charge is 0.391 e. The molecule has 0 heterocycles. The van der Waals surface area contributed by atoms with Crippen LogP contribution < -0.4 is 0 Å². The number of hydrogen-bond acceptors (Lipinski definition) is 3. The predicted octanol–water partition coefficient (Wildman–Crippen LogP) is 2.04. The molecular formula is C15H19NO2. The Morgan fingerprint density at radius 2 is 2.22 bits per heavy atom. The average Bonchev–Trinajstić information content (AvgIpc) is 2.78. The lowest BCUT2D eigenvalue weighted by molar-refractivity contribution is 0.0198. The third kappa shape index (κ3) is 1.92. The van der Waals surface area contributed by atoms with Crippen molar-refractivity contribution < 1.29 is 9.84 Å². The maximum absolute atomic E-state index is 10.5. The van der Waals surface area contributed by atoms with E-state index in [0.717, 1.165) is 12.0 Å². The second-order valence-electron chi connectivity index (χ2n) is 5.12. The SMILES string of the molecule is COCC(C)C(O)C1(C#N)CCc2ccccc21. The molecule has 0 spiro atoms. The summed E-state index contributed by atoms with van der Waals surface area (Å²) in [6.45, 7) is 2.39. The van der Waals surface area contributed by atoms with Crippen LogP contribution in [0.5, 0.6) is 0 Å². The van der Waals surface area contributed by atoms with Gasteiger partial charge in [-0.2, -0.15) is 5.26 Å². The molecule has 0 aromatic heterocycles. The van der Waals surface area contributed by atoms with Crippen LogP contribution in [0.25, 0.3) is 0 Å². The van der Waals surface area contributed by atoms with Gasteiger partial charge in [-0.1, -0.05) is 31.2 Å². The van der Waals surface area contributed by atoms with E-state index in [0.29, 0.717) is 13.0 Å². The van der Waals surface area contributed by atoms with Gasteiger partial charge >= 0.3 is 0 Å². The zero-order chi connectivity index (χ0) is 13.2. The Labute approximate surface area is 108 Å². The van der Waals surface area contributed by atoms with Crippen molar-refractivity contribution in [1.29, 1.82) is 5.26 Å². The van der Waals surface area contributed by atoms with Crippen molar-refractivity contribution in [1.82, 2.24) is 0 Å². The van der Waals surface area contributed by atoms with E-state index in [-0.39, 0.29) is 5.92 Å². The van der Waals surface area contributed by atoms with Crippen LogP contribution in [0.15, 0.2) is 24.3 Å². The van der Waals surface area contributed by atoms with E-state index < -0.39 is 11.5 Å². The molecule has 0 fully saturated rings. The molecule has 18 heavy (non-hydrogen) atoms. The third-order valence-corrected chi connectivity index (χ3v) is 3.96. The van der Waals surface area contributed by atoms with Crippen molar-refractivity contribution in [2.75, 3.05) is 13.7 Å². The number of aliphatic hydroxyl groups is 1. The maximum atomic E-state index is 10.5. The zero-order valence-electron chi connectivity index (χ0n) is 10.9. The summed E-state index contributed by atoms with van der Waals surface area (Å²) in [5, 5.41) is 20.1. The molecule has 1 aromatic rings. The Morgan fingerprint density at radius 3 is 2.89 bits per heavy atom. The highest BCUT2D eigenvalue weighted by Gasteiger charge is 2.46. The van der Waals surface area contributed by atoms with Crippen LogP contribution in [0.2, 0.25) is 0 Å². The second-order valence-corrected chi connectivity index (χ2v) is 5.12. The third-order valence-electron chi connectivity index (χ3n) is 3.96. The van der Waals surface area contributed by atoms with E-state index in [2.05, 4.69) is 6.07 Å². The molecule has 0 saturated carbocycles. The van der Waals surface area contributed by atoms with Crippen LogP contribution in [0.1, 0.15) is 24.5 Å². The standard InChI is InChI=1S/C15H19NO2/c1-11(9-18-2)14(17)15(10-16)8-7-12-5-3-4-6-13(12)15/h3-6,11,14,17H,7-9H2,1-2H3. The van der Waals surface area contributed by atoms with Gasteiger partial charge in [0.2, 0.25) is 0 Å². The van der Waals surface area contributed by atoms with Gasteiger partial charge in [0, 0.05) is 13.0 Å². The topological polar surface area (TPSA) is 53.2 Å². The monoisotopic (exact) mass is 245 g/mol. The molecule has 3 unspecified atom stereocenters. The van der Waals surface area contributed by atoms with Crippen molar-refractivity contribution in [3.63, 3.8) is 0 Å². The highest BCUT2D eigenvalue weighted by atomic mass is 16.5. The van der Waals surface area contributed by atoms with Crippen molar-refractivity contribution in [2.24, 2.45) is 5.92 Å². The van der Waals surface area contributed by atoms with Crippen molar-refractivity contribution in [3.05, 3.63) is 35.4 Å². The number of rotatable bonds is 4. The van der Waals surface area contributed by atoms with E-state index in [1.165, 1.54) is 5.56 Å². The minimum atomic E-state index is -0.769. The van der Waals surface area contributed by atoms with Gasteiger partial charge in [0.1, 0.15) is 5.41 Å². The van der Waals surface area contributed by atoms with E-state index in [4.69, 9.17) is 4.74 Å². The lowest BCUT2D eigenvalue weighted by atomic mass is 9.74. The molecule has 3 nitrogen and oxygen atoms in total. The van der Waals surface area contributed by atoms with Crippen LogP contribution in [0, 0.1) is 17.2 Å². The molecule has 0 bridgehead atoms. The minimum absolute atomic E-state index is 0.0548. The van der Waals surface area contributed by atoms with Gasteiger partial charge in [-0.05, 0) is 24.0 Å². The molecule has 0 radical (unpaired) electrons. The Morgan fingerprint density at radius 1 is 1.50 bits per heavy atom. The van der Waals surface area contributed by atoms with Gasteiger partial charge in [0.15, 0.2) is 0 Å². The average molecular weight is 245 g/mol. The molecule has 2 rings (SSSR count). The summed E-state index contributed by atoms with van der Waals surface area (Å²) in [7, 11) is 1.62. The smallest absolute Gasteiger partial charge is 0.109 e. The van der Waals surface area contributed by atoms with Gasteiger partial charge in [0.25, 0.3) is 0 Å². The number of fused-ring (bicyclic) bond motifs is 1. The van der Waals surface area contributed by atoms with Gasteiger partial charge in [-0.3, -0.25) is 0 Å². The van der Waals surface area contributed by atoms with Gasteiger partial charge < -0.3 is 9.84 Å². The normalized spacial score (nSPS) is 25.2. The Kier molecular flexibility index (Phi) is 3.70. The number of nitrogens with zero attached hydrogens (tertiary/aromatic N) is 1. The molecule has 3 atom stereocenters. The number of aliphatic hydroxyl groups excluding tert-OH is 1. The summed E-state index contributed by atoms with van der Waals surface area (Å²) in [5.41, 5.74) is 1.40. The Balaban J connectivity index is 2.37. The summed E-state index contributed by atoms with van der Waals surface area (Å²) >= 11 is 0. The molecule has 0 amide bonds. The van der Waals surface area contributed by atoms with Gasteiger partial charge in [-0.25, -0.2) is 0 Å². The Hall–Kier alpha value is -1.37. The first kappa shape index (κ1) is 13.1. The first-order chi connectivity index (χ1) is 8.65. The van der Waals surface area contributed by atoms with E-state index in [9.17, 15) is 10.4 Å². The van der Waals surface area contributed by atoms with Crippen molar-refractivity contribution >= 4 is 0 Å². The summed E-state index contributed by atoms with van der Waals surface area (Å²) in [5.74, 6) is -0.0548. The minimum Gasteiger partial charge on any atom is -0.391 e. The zero-order valence-corrected chi connectivity index (χ0v) is 10.9. The summed E-state index contributed by atoms with van der Waals surface area (Å²) < 4.78 is 5.09. The lowest BCUT2D eigenvalue weighted by Gasteiger charge is -2.32. The lowest BCUT2D eigenvalue weighted by Crippen LogP contribution is -2.42. The highest BCUT2D eigenvalue weighted by molar-refractivity contribution is 5.45. The molecule has 0 aliphatic heterocycles. The summed E-state index contributed by atoms with van der Waals surface area (Å²) in [4.78, 5) is 0.